The standard InChI is InChI=1S/C27H36Cl2F3N5O2/c1-26(2)12-16(9-10-39-26)13-34-23-8-7-20(28)25(37-23)19-11-24(35-14-21(19)29)36-18-5-3-17(4-6-18)33-15-22(38)27(30,31)32/h7-8,11,14,16-18,22,33,38H,3-6,9-10,12-13,15H2,1-2H3,(H,34,37)(H,35,36). The minimum absolute atomic E-state index is 0.0701. The molecule has 2 unspecified atom stereocenters. The molecule has 2 fully saturated rings. The number of halogens is 5. The maximum Gasteiger partial charge on any atom is 0.415 e. The Morgan fingerprint density at radius 3 is 2.49 bits per heavy atom. The Balaban J connectivity index is 1.35. The molecule has 4 rings (SSSR count). The Labute approximate surface area is 237 Å². The van der Waals surface area contributed by atoms with Crippen LogP contribution in [0.3, 0.4) is 0 Å². The molecule has 0 amide bonds. The van der Waals surface area contributed by atoms with Crippen molar-refractivity contribution >= 4 is 34.8 Å². The van der Waals surface area contributed by atoms with Gasteiger partial charge in [-0.25, -0.2) is 9.97 Å². The second kappa shape index (κ2) is 12.8. The molecular formula is C27H36Cl2F3N5O2. The highest BCUT2D eigenvalue weighted by molar-refractivity contribution is 6.36. The van der Waals surface area contributed by atoms with Crippen LogP contribution in [0.2, 0.25) is 10.0 Å². The molecule has 0 spiro atoms. The van der Waals surface area contributed by atoms with Crippen molar-refractivity contribution in [1.29, 1.82) is 0 Å². The molecule has 2 atom stereocenters. The summed E-state index contributed by atoms with van der Waals surface area (Å²) in [5.41, 5.74) is 1.09. The molecule has 216 valence electrons. The Bertz CT molecular complexity index is 1110. The van der Waals surface area contributed by atoms with Gasteiger partial charge in [0.05, 0.1) is 21.3 Å². The van der Waals surface area contributed by atoms with Crippen molar-refractivity contribution in [2.75, 3.05) is 30.3 Å². The summed E-state index contributed by atoms with van der Waals surface area (Å²) in [4.78, 5) is 9.16. The highest BCUT2D eigenvalue weighted by atomic mass is 35.5. The predicted octanol–water partition coefficient (Wildman–Crippen LogP) is 6.30. The molecule has 0 bridgehead atoms. The molecule has 3 heterocycles. The average Bonchev–Trinajstić information content (AvgIpc) is 2.88. The number of nitrogens with one attached hydrogen (secondary N) is 3. The fraction of sp³-hybridized carbons (Fsp3) is 0.630. The second-order valence-corrected chi connectivity index (χ2v) is 11.9. The molecule has 1 saturated carbocycles. The first kappa shape index (κ1) is 30.1. The van der Waals surface area contributed by atoms with E-state index in [9.17, 15) is 18.3 Å². The van der Waals surface area contributed by atoms with Gasteiger partial charge in [0.1, 0.15) is 11.6 Å². The van der Waals surface area contributed by atoms with Crippen LogP contribution in [0.15, 0.2) is 24.4 Å². The minimum Gasteiger partial charge on any atom is -0.382 e. The van der Waals surface area contributed by atoms with Gasteiger partial charge in [0.15, 0.2) is 6.10 Å². The summed E-state index contributed by atoms with van der Waals surface area (Å²) in [6.07, 6.45) is -0.557. The third kappa shape index (κ3) is 8.57. The zero-order valence-corrected chi connectivity index (χ0v) is 23.6. The Morgan fingerprint density at radius 1 is 1.08 bits per heavy atom. The lowest BCUT2D eigenvalue weighted by atomic mass is 9.88. The smallest absolute Gasteiger partial charge is 0.382 e. The summed E-state index contributed by atoms with van der Waals surface area (Å²) in [5.74, 6) is 1.82. The van der Waals surface area contributed by atoms with Crippen LogP contribution in [-0.2, 0) is 4.74 Å². The van der Waals surface area contributed by atoms with Gasteiger partial charge in [-0.15, -0.1) is 0 Å². The molecule has 1 aliphatic heterocycles. The Morgan fingerprint density at radius 2 is 1.79 bits per heavy atom. The number of pyridine rings is 2. The number of alkyl halides is 3. The fourth-order valence-electron chi connectivity index (χ4n) is 5.25. The quantitative estimate of drug-likeness (QED) is 0.273. The van der Waals surface area contributed by atoms with Crippen molar-refractivity contribution in [1.82, 2.24) is 15.3 Å². The lowest BCUT2D eigenvalue weighted by Crippen LogP contribution is -2.44. The zero-order chi connectivity index (χ0) is 28.2. The van der Waals surface area contributed by atoms with E-state index in [-0.39, 0.29) is 17.7 Å². The molecule has 0 radical (unpaired) electrons. The molecule has 12 heteroatoms. The molecule has 2 aliphatic rings. The molecular weight excluding hydrogens is 554 g/mol. The van der Waals surface area contributed by atoms with Gasteiger partial charge in [-0.1, -0.05) is 23.2 Å². The Hall–Kier alpha value is -1.85. The highest BCUT2D eigenvalue weighted by Crippen LogP contribution is 2.35. The number of ether oxygens (including phenoxy) is 1. The SMILES string of the molecule is CC1(C)CC(CNc2ccc(Cl)c(-c3cc(NC4CCC(NCC(O)C(F)(F)F)CC4)ncc3Cl)n2)CCO1. The molecule has 7 nitrogen and oxygen atoms in total. The maximum atomic E-state index is 12.5. The number of aromatic nitrogens is 2. The van der Waals surface area contributed by atoms with Gasteiger partial charge in [0.2, 0.25) is 0 Å². The minimum atomic E-state index is -4.61. The highest BCUT2D eigenvalue weighted by Gasteiger charge is 2.38. The van der Waals surface area contributed by atoms with E-state index >= 15 is 0 Å². The number of aliphatic hydroxyl groups is 1. The summed E-state index contributed by atoms with van der Waals surface area (Å²) in [6, 6.07) is 5.51. The fourth-order valence-corrected chi connectivity index (χ4v) is 5.65. The largest absolute Gasteiger partial charge is 0.415 e. The van der Waals surface area contributed by atoms with Gasteiger partial charge in [-0.3, -0.25) is 0 Å². The first-order valence-corrected chi connectivity index (χ1v) is 14.1. The summed E-state index contributed by atoms with van der Waals surface area (Å²) in [6.45, 7) is 5.26. The van der Waals surface area contributed by atoms with Crippen LogP contribution in [-0.4, -0.2) is 64.7 Å². The van der Waals surface area contributed by atoms with Gasteiger partial charge >= 0.3 is 6.18 Å². The van der Waals surface area contributed by atoms with Gasteiger partial charge in [-0.05, 0) is 76.5 Å². The molecule has 39 heavy (non-hydrogen) atoms. The number of hydrogen-bond acceptors (Lipinski definition) is 7. The van der Waals surface area contributed by atoms with E-state index < -0.39 is 18.8 Å². The van der Waals surface area contributed by atoms with Crippen molar-refractivity contribution in [2.24, 2.45) is 5.92 Å². The van der Waals surface area contributed by atoms with Gasteiger partial charge in [-0.2, -0.15) is 13.2 Å². The summed E-state index contributed by atoms with van der Waals surface area (Å²) < 4.78 is 43.4. The van der Waals surface area contributed by atoms with Crippen molar-refractivity contribution in [2.45, 2.75) is 82.3 Å². The van der Waals surface area contributed by atoms with Crippen molar-refractivity contribution < 1.29 is 23.0 Å². The summed E-state index contributed by atoms with van der Waals surface area (Å²) in [5, 5.41) is 19.8. The van der Waals surface area contributed by atoms with E-state index in [0.717, 1.165) is 38.8 Å². The van der Waals surface area contributed by atoms with E-state index in [1.54, 1.807) is 12.3 Å². The average molecular weight is 591 g/mol. The Kier molecular flexibility index (Phi) is 9.86. The van der Waals surface area contributed by atoms with E-state index in [1.807, 2.05) is 12.1 Å². The summed E-state index contributed by atoms with van der Waals surface area (Å²) >= 11 is 13.0. The lowest BCUT2D eigenvalue weighted by Gasteiger charge is -2.35. The normalized spacial score (nSPS) is 24.3. The van der Waals surface area contributed by atoms with E-state index in [1.165, 1.54) is 0 Å². The molecule has 1 aliphatic carbocycles. The van der Waals surface area contributed by atoms with Gasteiger partial charge < -0.3 is 25.8 Å². The van der Waals surface area contributed by atoms with Crippen LogP contribution in [0.5, 0.6) is 0 Å². The first-order chi connectivity index (χ1) is 18.4. The van der Waals surface area contributed by atoms with Crippen LogP contribution in [0.4, 0.5) is 24.8 Å². The van der Waals surface area contributed by atoms with Crippen LogP contribution in [0, 0.1) is 5.92 Å². The van der Waals surface area contributed by atoms with Crippen molar-refractivity contribution in [3.8, 4) is 11.3 Å². The molecule has 2 aromatic rings. The summed E-state index contributed by atoms with van der Waals surface area (Å²) in [7, 11) is 0. The van der Waals surface area contributed by atoms with Crippen LogP contribution in [0.1, 0.15) is 52.4 Å². The predicted molar refractivity (Wildman–Crippen MR) is 148 cm³/mol. The molecule has 4 N–H and O–H groups in total. The number of anilines is 2. The monoisotopic (exact) mass is 589 g/mol. The zero-order valence-electron chi connectivity index (χ0n) is 22.1. The third-order valence-electron chi connectivity index (χ3n) is 7.38. The van der Waals surface area contributed by atoms with Crippen LogP contribution >= 0.6 is 23.2 Å². The van der Waals surface area contributed by atoms with Gasteiger partial charge in [0, 0.05) is 43.5 Å². The van der Waals surface area contributed by atoms with Crippen molar-refractivity contribution in [3.63, 3.8) is 0 Å². The van der Waals surface area contributed by atoms with E-state index in [0.29, 0.717) is 51.7 Å². The molecule has 2 aromatic heterocycles. The van der Waals surface area contributed by atoms with E-state index in [2.05, 4.69) is 34.8 Å². The van der Waals surface area contributed by atoms with Crippen LogP contribution < -0.4 is 16.0 Å². The third-order valence-corrected chi connectivity index (χ3v) is 7.99. The second-order valence-electron chi connectivity index (χ2n) is 11.1. The van der Waals surface area contributed by atoms with E-state index in [4.69, 9.17) is 32.9 Å². The molecule has 1 saturated heterocycles. The van der Waals surface area contributed by atoms with Gasteiger partial charge in [0.25, 0.3) is 0 Å². The number of rotatable bonds is 9. The number of nitrogens with zero attached hydrogens (tertiary/aromatic N) is 2. The first-order valence-electron chi connectivity index (χ1n) is 13.3. The number of aliphatic hydroxyl groups excluding tert-OH is 1. The topological polar surface area (TPSA) is 91.3 Å². The molecule has 0 aromatic carbocycles. The maximum absolute atomic E-state index is 12.5. The number of hydrogen-bond donors (Lipinski definition) is 4. The van der Waals surface area contributed by atoms with Crippen LogP contribution in [0.25, 0.3) is 11.3 Å². The lowest BCUT2D eigenvalue weighted by molar-refractivity contribution is -0.202. The van der Waals surface area contributed by atoms with Crippen molar-refractivity contribution in [3.05, 3.63) is 34.4 Å².